The number of hydrogen-bond acceptors (Lipinski definition) is 4. The number of halogens is 1. The van der Waals surface area contributed by atoms with Crippen LogP contribution < -0.4 is 5.32 Å². The zero-order valence-electron chi connectivity index (χ0n) is 9.73. The van der Waals surface area contributed by atoms with Crippen molar-refractivity contribution in [2.24, 2.45) is 0 Å². The lowest BCUT2D eigenvalue weighted by molar-refractivity contribution is -0.389. The molecule has 0 aliphatic rings. The molecule has 0 bridgehead atoms. The fourth-order valence-corrected chi connectivity index (χ4v) is 1.42. The number of aromatic nitrogens is 2. The van der Waals surface area contributed by atoms with Crippen LogP contribution in [-0.4, -0.2) is 26.1 Å². The number of carbonyl (C=O) groups is 1. The van der Waals surface area contributed by atoms with Crippen molar-refractivity contribution in [1.29, 1.82) is 0 Å². The highest BCUT2D eigenvalue weighted by atomic mass is 35.5. The van der Waals surface area contributed by atoms with Gasteiger partial charge in [-0.2, -0.15) is 4.68 Å². The van der Waals surface area contributed by atoms with E-state index in [2.05, 4.69) is 10.4 Å². The molecular formula is C9H13ClN4O3. The lowest BCUT2D eigenvalue weighted by Gasteiger charge is -2.19. The third-order valence-electron chi connectivity index (χ3n) is 1.69. The van der Waals surface area contributed by atoms with Crippen LogP contribution in [0, 0.1) is 10.1 Å². The van der Waals surface area contributed by atoms with E-state index in [9.17, 15) is 14.9 Å². The van der Waals surface area contributed by atoms with E-state index in [0.29, 0.717) is 0 Å². The van der Waals surface area contributed by atoms with E-state index in [4.69, 9.17) is 11.6 Å². The average Bonchev–Trinajstić information content (AvgIpc) is 2.42. The van der Waals surface area contributed by atoms with Gasteiger partial charge in [-0.25, -0.2) is 0 Å². The molecule has 1 aromatic heterocycles. The summed E-state index contributed by atoms with van der Waals surface area (Å²) in [5, 5.41) is 16.7. The minimum absolute atomic E-state index is 0.0847. The summed E-state index contributed by atoms with van der Waals surface area (Å²) >= 11 is 5.60. The molecule has 1 N–H and O–H groups in total. The molecule has 0 atom stereocenters. The second kappa shape index (κ2) is 4.70. The van der Waals surface area contributed by atoms with Gasteiger partial charge in [-0.05, 0) is 25.7 Å². The maximum Gasteiger partial charge on any atom is 0.408 e. The highest BCUT2D eigenvalue weighted by molar-refractivity contribution is 6.32. The zero-order chi connectivity index (χ0) is 13.2. The molecule has 0 aliphatic heterocycles. The smallest absolute Gasteiger partial charge is 0.358 e. The SMILES string of the molecule is CC(C)(C)NC(=O)Cn1cc(Cl)c([N+](=O)[O-])n1. The highest BCUT2D eigenvalue weighted by Crippen LogP contribution is 2.21. The number of hydrogen-bond donors (Lipinski definition) is 1. The Balaban J connectivity index is 2.73. The van der Waals surface area contributed by atoms with Gasteiger partial charge >= 0.3 is 5.82 Å². The van der Waals surface area contributed by atoms with E-state index in [1.807, 2.05) is 20.8 Å². The third kappa shape index (κ3) is 4.03. The fraction of sp³-hybridized carbons (Fsp3) is 0.556. The first-order valence-corrected chi connectivity index (χ1v) is 5.25. The fourth-order valence-electron chi connectivity index (χ4n) is 1.20. The zero-order valence-corrected chi connectivity index (χ0v) is 10.5. The molecule has 0 fully saturated rings. The Hall–Kier alpha value is -1.63. The topological polar surface area (TPSA) is 90.1 Å². The highest BCUT2D eigenvalue weighted by Gasteiger charge is 2.21. The molecule has 0 saturated heterocycles. The molecule has 1 heterocycles. The molecule has 8 heteroatoms. The molecule has 94 valence electrons. The van der Waals surface area contributed by atoms with Gasteiger partial charge in [-0.3, -0.25) is 4.79 Å². The van der Waals surface area contributed by atoms with Crippen LogP contribution >= 0.6 is 11.6 Å². The summed E-state index contributed by atoms with van der Waals surface area (Å²) < 4.78 is 1.14. The molecule has 1 aromatic rings. The predicted molar refractivity (Wildman–Crippen MR) is 61.8 cm³/mol. The molecule has 0 radical (unpaired) electrons. The van der Waals surface area contributed by atoms with E-state index >= 15 is 0 Å². The molecule has 7 nitrogen and oxygen atoms in total. The normalized spacial score (nSPS) is 11.3. The summed E-state index contributed by atoms with van der Waals surface area (Å²) in [7, 11) is 0. The number of rotatable bonds is 3. The van der Waals surface area contributed by atoms with E-state index in [1.54, 1.807) is 0 Å². The Kier molecular flexibility index (Phi) is 3.72. The second-order valence-corrected chi connectivity index (χ2v) is 4.96. The molecule has 1 amide bonds. The summed E-state index contributed by atoms with van der Waals surface area (Å²) in [4.78, 5) is 21.3. The Morgan fingerprint density at radius 3 is 2.65 bits per heavy atom. The number of amides is 1. The Morgan fingerprint density at radius 1 is 1.65 bits per heavy atom. The van der Waals surface area contributed by atoms with E-state index in [0.717, 1.165) is 4.68 Å². The van der Waals surface area contributed by atoms with Crippen molar-refractivity contribution in [3.63, 3.8) is 0 Å². The van der Waals surface area contributed by atoms with Crippen LogP contribution in [-0.2, 0) is 11.3 Å². The Morgan fingerprint density at radius 2 is 2.24 bits per heavy atom. The summed E-state index contributed by atoms with van der Waals surface area (Å²) in [5.41, 5.74) is -0.361. The minimum Gasteiger partial charge on any atom is -0.358 e. The first kappa shape index (κ1) is 13.4. The first-order chi connectivity index (χ1) is 7.69. The molecule has 0 saturated carbocycles. The van der Waals surface area contributed by atoms with E-state index in [-0.39, 0.29) is 23.0 Å². The van der Waals surface area contributed by atoms with Gasteiger partial charge in [0.15, 0.2) is 5.02 Å². The Labute approximate surface area is 103 Å². The molecule has 0 aliphatic carbocycles. The van der Waals surface area contributed by atoms with Crippen molar-refractivity contribution >= 4 is 23.3 Å². The summed E-state index contributed by atoms with van der Waals surface area (Å²) in [6.07, 6.45) is 1.25. The van der Waals surface area contributed by atoms with Gasteiger partial charge in [0.25, 0.3) is 0 Å². The van der Waals surface area contributed by atoms with Gasteiger partial charge in [-0.1, -0.05) is 11.6 Å². The van der Waals surface area contributed by atoms with Crippen LogP contribution in [0.15, 0.2) is 6.20 Å². The van der Waals surface area contributed by atoms with Crippen molar-refractivity contribution in [1.82, 2.24) is 15.1 Å². The van der Waals surface area contributed by atoms with Gasteiger partial charge in [-0.15, -0.1) is 0 Å². The summed E-state index contributed by atoms with van der Waals surface area (Å²) in [5.74, 6) is -0.734. The summed E-state index contributed by atoms with van der Waals surface area (Å²) in [6, 6.07) is 0. The second-order valence-electron chi connectivity index (χ2n) is 4.55. The summed E-state index contributed by atoms with van der Waals surface area (Å²) in [6.45, 7) is 5.40. The monoisotopic (exact) mass is 260 g/mol. The minimum atomic E-state index is -0.694. The van der Waals surface area contributed by atoms with Crippen LogP contribution in [0.4, 0.5) is 5.82 Å². The Bertz CT molecular complexity index is 450. The lowest BCUT2D eigenvalue weighted by Crippen LogP contribution is -2.42. The largest absolute Gasteiger partial charge is 0.408 e. The van der Waals surface area contributed by atoms with Crippen LogP contribution in [0.1, 0.15) is 20.8 Å². The average molecular weight is 261 g/mol. The van der Waals surface area contributed by atoms with E-state index in [1.165, 1.54) is 6.20 Å². The molecule has 0 aromatic carbocycles. The van der Waals surface area contributed by atoms with Gasteiger partial charge in [0.05, 0.1) is 11.3 Å². The lowest BCUT2D eigenvalue weighted by atomic mass is 10.1. The van der Waals surface area contributed by atoms with Gasteiger partial charge in [0.1, 0.15) is 6.54 Å². The molecule has 0 unspecified atom stereocenters. The number of nitrogens with zero attached hydrogens (tertiary/aromatic N) is 3. The van der Waals surface area contributed by atoms with Crippen LogP contribution in [0.3, 0.4) is 0 Å². The van der Waals surface area contributed by atoms with Crippen molar-refractivity contribution in [2.75, 3.05) is 0 Å². The van der Waals surface area contributed by atoms with E-state index < -0.39 is 10.7 Å². The van der Waals surface area contributed by atoms with Crippen LogP contribution in [0.2, 0.25) is 5.02 Å². The maximum absolute atomic E-state index is 11.5. The molecule has 17 heavy (non-hydrogen) atoms. The molecular weight excluding hydrogens is 248 g/mol. The predicted octanol–water partition coefficient (Wildman–Crippen LogP) is 1.36. The van der Waals surface area contributed by atoms with Gasteiger partial charge in [0.2, 0.25) is 5.91 Å². The number of nitrogens with one attached hydrogen (secondary N) is 1. The standard InChI is InChI=1S/C9H13ClN4O3/c1-9(2,3)11-7(15)5-13-4-6(10)8(12-13)14(16)17/h4H,5H2,1-3H3,(H,11,15). The molecule has 1 rings (SSSR count). The van der Waals surface area contributed by atoms with Crippen molar-refractivity contribution in [2.45, 2.75) is 32.9 Å². The number of carbonyl (C=O) groups excluding carboxylic acids is 1. The first-order valence-electron chi connectivity index (χ1n) is 4.87. The molecule has 0 spiro atoms. The van der Waals surface area contributed by atoms with Gasteiger partial charge in [0, 0.05) is 5.54 Å². The third-order valence-corrected chi connectivity index (χ3v) is 1.96. The number of nitro groups is 1. The van der Waals surface area contributed by atoms with Crippen molar-refractivity contribution in [3.8, 4) is 0 Å². The van der Waals surface area contributed by atoms with Gasteiger partial charge < -0.3 is 15.4 Å². The van der Waals surface area contributed by atoms with Crippen LogP contribution in [0.25, 0.3) is 0 Å². The van der Waals surface area contributed by atoms with Crippen LogP contribution in [0.5, 0.6) is 0 Å². The maximum atomic E-state index is 11.5. The quantitative estimate of drug-likeness (QED) is 0.656. The van der Waals surface area contributed by atoms with Crippen molar-refractivity contribution in [3.05, 3.63) is 21.3 Å². The van der Waals surface area contributed by atoms with Crippen molar-refractivity contribution < 1.29 is 9.72 Å².